The molecule has 19 heavy (non-hydrogen) atoms. The Kier molecular flexibility index (Phi) is 4.29. The first-order valence-corrected chi connectivity index (χ1v) is 6.37. The first-order valence-electron chi connectivity index (χ1n) is 6.37. The number of rotatable bonds is 5. The molecule has 0 aliphatic heterocycles. The maximum absolute atomic E-state index is 5.78. The molecule has 100 valence electrons. The van der Waals surface area contributed by atoms with Crippen LogP contribution in [0.25, 0.3) is 0 Å². The molecule has 3 heteroatoms. The summed E-state index contributed by atoms with van der Waals surface area (Å²) in [6, 6.07) is 13.7. The van der Waals surface area contributed by atoms with Gasteiger partial charge in [-0.25, -0.2) is 0 Å². The van der Waals surface area contributed by atoms with E-state index in [1.807, 2.05) is 30.3 Å². The van der Waals surface area contributed by atoms with Crippen LogP contribution in [0, 0.1) is 0 Å². The van der Waals surface area contributed by atoms with Gasteiger partial charge in [0.25, 0.3) is 0 Å². The van der Waals surface area contributed by atoms with E-state index in [9.17, 15) is 0 Å². The number of nitrogens with two attached hydrogens (primary N) is 1. The summed E-state index contributed by atoms with van der Waals surface area (Å²) in [6.07, 6.45) is 1.03. The molecule has 0 aliphatic rings. The molecule has 0 heterocycles. The SMILES string of the molecule is CCc1ccc(OCc2cc(N)ccc2OC)cc1. The van der Waals surface area contributed by atoms with Crippen molar-refractivity contribution in [3.63, 3.8) is 0 Å². The predicted molar refractivity (Wildman–Crippen MR) is 77.6 cm³/mol. The Bertz CT molecular complexity index is 535. The van der Waals surface area contributed by atoms with Crippen molar-refractivity contribution in [2.75, 3.05) is 12.8 Å². The fraction of sp³-hybridized carbons (Fsp3) is 0.250. The van der Waals surface area contributed by atoms with E-state index in [4.69, 9.17) is 15.2 Å². The van der Waals surface area contributed by atoms with Crippen molar-refractivity contribution in [2.45, 2.75) is 20.0 Å². The van der Waals surface area contributed by atoms with Crippen molar-refractivity contribution in [1.82, 2.24) is 0 Å². The number of hydrogen-bond donors (Lipinski definition) is 1. The molecule has 0 aliphatic carbocycles. The molecule has 0 spiro atoms. The Labute approximate surface area is 114 Å². The Morgan fingerprint density at radius 1 is 1.05 bits per heavy atom. The number of methoxy groups -OCH3 is 1. The summed E-state index contributed by atoms with van der Waals surface area (Å²) < 4.78 is 11.0. The first-order chi connectivity index (χ1) is 9.22. The van der Waals surface area contributed by atoms with E-state index >= 15 is 0 Å². The highest BCUT2D eigenvalue weighted by molar-refractivity contribution is 5.47. The number of anilines is 1. The molecule has 2 aromatic rings. The molecule has 0 bridgehead atoms. The molecule has 2 rings (SSSR count). The van der Waals surface area contributed by atoms with E-state index in [0.29, 0.717) is 12.3 Å². The van der Waals surface area contributed by atoms with Gasteiger partial charge in [0.15, 0.2) is 0 Å². The lowest BCUT2D eigenvalue weighted by molar-refractivity contribution is 0.296. The zero-order chi connectivity index (χ0) is 13.7. The second-order valence-corrected chi connectivity index (χ2v) is 4.36. The van der Waals surface area contributed by atoms with Crippen LogP contribution in [0.15, 0.2) is 42.5 Å². The van der Waals surface area contributed by atoms with Gasteiger partial charge in [-0.05, 0) is 42.3 Å². The maximum Gasteiger partial charge on any atom is 0.125 e. The van der Waals surface area contributed by atoms with Crippen LogP contribution in [-0.4, -0.2) is 7.11 Å². The molecule has 0 amide bonds. The molecule has 3 nitrogen and oxygen atoms in total. The molecule has 0 unspecified atom stereocenters. The van der Waals surface area contributed by atoms with Crippen molar-refractivity contribution in [3.05, 3.63) is 53.6 Å². The lowest BCUT2D eigenvalue weighted by Gasteiger charge is -2.11. The minimum Gasteiger partial charge on any atom is -0.496 e. The zero-order valence-electron chi connectivity index (χ0n) is 11.3. The van der Waals surface area contributed by atoms with E-state index in [0.717, 1.165) is 23.5 Å². The molecular weight excluding hydrogens is 238 g/mol. The van der Waals surface area contributed by atoms with Crippen LogP contribution in [0.5, 0.6) is 11.5 Å². The van der Waals surface area contributed by atoms with Gasteiger partial charge in [-0.2, -0.15) is 0 Å². The Morgan fingerprint density at radius 2 is 1.79 bits per heavy atom. The number of aryl methyl sites for hydroxylation is 1. The normalized spacial score (nSPS) is 10.2. The molecule has 2 aromatic carbocycles. The molecule has 2 N–H and O–H groups in total. The minimum atomic E-state index is 0.444. The van der Waals surface area contributed by atoms with Gasteiger partial charge in [0.1, 0.15) is 18.1 Å². The molecule has 0 radical (unpaired) electrons. The summed E-state index contributed by atoms with van der Waals surface area (Å²) >= 11 is 0. The fourth-order valence-electron chi connectivity index (χ4n) is 1.89. The number of ether oxygens (including phenoxy) is 2. The summed E-state index contributed by atoms with van der Waals surface area (Å²) in [4.78, 5) is 0. The van der Waals surface area contributed by atoms with E-state index < -0.39 is 0 Å². The second kappa shape index (κ2) is 6.14. The third-order valence-electron chi connectivity index (χ3n) is 3.03. The smallest absolute Gasteiger partial charge is 0.125 e. The quantitative estimate of drug-likeness (QED) is 0.835. The highest BCUT2D eigenvalue weighted by atomic mass is 16.5. The van der Waals surface area contributed by atoms with E-state index in [1.165, 1.54) is 5.56 Å². The number of nitrogen functional groups attached to an aromatic ring is 1. The topological polar surface area (TPSA) is 44.5 Å². The Morgan fingerprint density at radius 3 is 2.42 bits per heavy atom. The predicted octanol–water partition coefficient (Wildman–Crippen LogP) is 3.42. The van der Waals surface area contributed by atoms with Crippen LogP contribution in [0.3, 0.4) is 0 Å². The van der Waals surface area contributed by atoms with Gasteiger partial charge < -0.3 is 15.2 Å². The van der Waals surface area contributed by atoms with Gasteiger partial charge in [-0.15, -0.1) is 0 Å². The second-order valence-electron chi connectivity index (χ2n) is 4.36. The van der Waals surface area contributed by atoms with Gasteiger partial charge in [0.2, 0.25) is 0 Å². The minimum absolute atomic E-state index is 0.444. The standard InChI is InChI=1S/C16H19NO2/c1-3-12-4-7-15(8-5-12)19-11-13-10-14(17)6-9-16(13)18-2/h4-10H,3,11,17H2,1-2H3. The van der Waals surface area contributed by atoms with Crippen molar-refractivity contribution in [3.8, 4) is 11.5 Å². The average molecular weight is 257 g/mol. The molecule has 0 aromatic heterocycles. The Balaban J connectivity index is 2.07. The van der Waals surface area contributed by atoms with Gasteiger partial charge in [0, 0.05) is 11.3 Å². The summed E-state index contributed by atoms with van der Waals surface area (Å²) in [5, 5.41) is 0. The summed E-state index contributed by atoms with van der Waals surface area (Å²) in [6.45, 7) is 2.58. The summed E-state index contributed by atoms with van der Waals surface area (Å²) in [7, 11) is 1.64. The fourth-order valence-corrected chi connectivity index (χ4v) is 1.89. The molecule has 0 fully saturated rings. The molecular formula is C16H19NO2. The Hall–Kier alpha value is -2.16. The van der Waals surface area contributed by atoms with Crippen LogP contribution >= 0.6 is 0 Å². The van der Waals surface area contributed by atoms with E-state index in [1.54, 1.807) is 7.11 Å². The lowest BCUT2D eigenvalue weighted by Crippen LogP contribution is -2.00. The van der Waals surface area contributed by atoms with Crippen LogP contribution < -0.4 is 15.2 Å². The third-order valence-corrected chi connectivity index (χ3v) is 3.03. The van der Waals surface area contributed by atoms with E-state index in [-0.39, 0.29) is 0 Å². The number of benzene rings is 2. The van der Waals surface area contributed by atoms with Crippen molar-refractivity contribution < 1.29 is 9.47 Å². The van der Waals surface area contributed by atoms with Crippen LogP contribution in [0.2, 0.25) is 0 Å². The van der Waals surface area contributed by atoms with Crippen molar-refractivity contribution in [1.29, 1.82) is 0 Å². The summed E-state index contributed by atoms with van der Waals surface area (Å²) in [5.74, 6) is 1.64. The highest BCUT2D eigenvalue weighted by Crippen LogP contribution is 2.23. The number of hydrogen-bond acceptors (Lipinski definition) is 3. The van der Waals surface area contributed by atoms with Crippen LogP contribution in [0.1, 0.15) is 18.1 Å². The van der Waals surface area contributed by atoms with Crippen LogP contribution in [0.4, 0.5) is 5.69 Å². The van der Waals surface area contributed by atoms with Crippen molar-refractivity contribution in [2.24, 2.45) is 0 Å². The van der Waals surface area contributed by atoms with Gasteiger partial charge in [-0.1, -0.05) is 19.1 Å². The first kappa shape index (κ1) is 13.3. The molecule has 0 saturated carbocycles. The highest BCUT2D eigenvalue weighted by Gasteiger charge is 2.04. The van der Waals surface area contributed by atoms with Gasteiger partial charge >= 0.3 is 0 Å². The van der Waals surface area contributed by atoms with Gasteiger partial charge in [-0.3, -0.25) is 0 Å². The summed E-state index contributed by atoms with van der Waals surface area (Å²) in [5.41, 5.74) is 8.73. The van der Waals surface area contributed by atoms with Gasteiger partial charge in [0.05, 0.1) is 7.11 Å². The third kappa shape index (κ3) is 3.41. The largest absolute Gasteiger partial charge is 0.496 e. The monoisotopic (exact) mass is 257 g/mol. The lowest BCUT2D eigenvalue weighted by atomic mass is 10.1. The van der Waals surface area contributed by atoms with Crippen LogP contribution in [-0.2, 0) is 13.0 Å². The maximum atomic E-state index is 5.78. The van der Waals surface area contributed by atoms with Crippen molar-refractivity contribution >= 4 is 5.69 Å². The molecule has 0 saturated heterocycles. The zero-order valence-corrected chi connectivity index (χ0v) is 11.3. The average Bonchev–Trinajstić information content (AvgIpc) is 2.46. The molecule has 0 atom stereocenters. The van der Waals surface area contributed by atoms with E-state index in [2.05, 4.69) is 19.1 Å².